The topological polar surface area (TPSA) is 44.2 Å². The van der Waals surface area contributed by atoms with Gasteiger partial charge in [0.2, 0.25) is 0 Å². The number of hydrogen-bond acceptors (Lipinski definition) is 4. The Balaban J connectivity index is 2.56. The van der Waals surface area contributed by atoms with Gasteiger partial charge in [-0.05, 0) is 40.2 Å². The van der Waals surface area contributed by atoms with E-state index in [9.17, 15) is 0 Å². The summed E-state index contributed by atoms with van der Waals surface area (Å²) in [6, 6.07) is 7.41. The van der Waals surface area contributed by atoms with Gasteiger partial charge in [-0.2, -0.15) is 0 Å². The number of methoxy groups -OCH3 is 2. The number of hydrogen-bond donors (Lipinski definition) is 0. The van der Waals surface area contributed by atoms with Crippen LogP contribution in [0.2, 0.25) is 0 Å². The lowest BCUT2D eigenvalue weighted by Gasteiger charge is -2.09. The molecule has 1 aromatic heterocycles. The molecule has 0 saturated heterocycles. The van der Waals surface area contributed by atoms with Crippen LogP contribution in [-0.2, 0) is 0 Å². The fourth-order valence-electron chi connectivity index (χ4n) is 1.50. The third-order valence-electron chi connectivity index (χ3n) is 2.32. The van der Waals surface area contributed by atoms with E-state index in [4.69, 9.17) is 9.47 Å². The Hall–Kier alpha value is -1.62. The summed E-state index contributed by atoms with van der Waals surface area (Å²) in [5, 5.41) is 0. The minimum absolute atomic E-state index is 0.729. The summed E-state index contributed by atoms with van der Waals surface area (Å²) in [6.07, 6.45) is 1.50. The van der Waals surface area contributed by atoms with Crippen LogP contribution in [0.4, 0.5) is 0 Å². The van der Waals surface area contributed by atoms with Crippen LogP contribution < -0.4 is 9.47 Å². The highest BCUT2D eigenvalue weighted by molar-refractivity contribution is 9.10. The van der Waals surface area contributed by atoms with Gasteiger partial charge in [0.05, 0.1) is 19.9 Å². The van der Waals surface area contributed by atoms with Crippen molar-refractivity contribution >= 4 is 15.9 Å². The van der Waals surface area contributed by atoms with Crippen molar-refractivity contribution in [1.29, 1.82) is 0 Å². The smallest absolute Gasteiger partial charge is 0.128 e. The van der Waals surface area contributed by atoms with Crippen molar-refractivity contribution in [2.24, 2.45) is 0 Å². The van der Waals surface area contributed by atoms with Gasteiger partial charge >= 0.3 is 0 Å². The van der Waals surface area contributed by atoms with Crippen molar-refractivity contribution in [3.8, 4) is 22.8 Å². The minimum atomic E-state index is 0.729. The van der Waals surface area contributed by atoms with Gasteiger partial charge < -0.3 is 9.47 Å². The van der Waals surface area contributed by atoms with Crippen LogP contribution in [0.25, 0.3) is 11.3 Å². The van der Waals surface area contributed by atoms with Gasteiger partial charge in [0.15, 0.2) is 0 Å². The quantitative estimate of drug-likeness (QED) is 0.817. The number of benzene rings is 1. The molecule has 0 aliphatic carbocycles. The Labute approximate surface area is 108 Å². The highest BCUT2D eigenvalue weighted by Crippen LogP contribution is 2.32. The number of halogens is 1. The van der Waals surface area contributed by atoms with Gasteiger partial charge in [0.25, 0.3) is 0 Å². The van der Waals surface area contributed by atoms with Crippen LogP contribution in [0, 0.1) is 0 Å². The first-order valence-electron chi connectivity index (χ1n) is 4.94. The Morgan fingerprint density at radius 3 is 2.53 bits per heavy atom. The van der Waals surface area contributed by atoms with E-state index in [1.807, 2.05) is 24.3 Å². The van der Waals surface area contributed by atoms with E-state index < -0.39 is 0 Å². The maximum atomic E-state index is 5.31. The van der Waals surface area contributed by atoms with Crippen LogP contribution in [0.1, 0.15) is 0 Å². The number of rotatable bonds is 3. The molecule has 4 nitrogen and oxygen atoms in total. The predicted octanol–water partition coefficient (Wildman–Crippen LogP) is 2.92. The van der Waals surface area contributed by atoms with Crippen LogP contribution >= 0.6 is 15.9 Å². The lowest BCUT2D eigenvalue weighted by atomic mass is 10.1. The number of ether oxygens (including phenoxy) is 2. The fourth-order valence-corrected chi connectivity index (χ4v) is 1.80. The molecule has 2 rings (SSSR count). The molecule has 0 radical (unpaired) electrons. The molecule has 0 N–H and O–H groups in total. The first-order chi connectivity index (χ1) is 8.24. The summed E-state index contributed by atoms with van der Waals surface area (Å²) in [5.74, 6) is 1.51. The summed E-state index contributed by atoms with van der Waals surface area (Å²) < 4.78 is 11.2. The minimum Gasteiger partial charge on any atom is -0.497 e. The lowest BCUT2D eigenvalue weighted by Crippen LogP contribution is -1.92. The van der Waals surface area contributed by atoms with Gasteiger partial charge in [-0.15, -0.1) is 0 Å². The van der Waals surface area contributed by atoms with Crippen molar-refractivity contribution in [2.45, 2.75) is 0 Å². The van der Waals surface area contributed by atoms with E-state index in [-0.39, 0.29) is 0 Å². The van der Waals surface area contributed by atoms with Crippen LogP contribution in [-0.4, -0.2) is 24.2 Å². The van der Waals surface area contributed by atoms with E-state index in [1.165, 1.54) is 6.33 Å². The molecule has 2 aromatic rings. The summed E-state index contributed by atoms with van der Waals surface area (Å²) in [6.45, 7) is 0. The standard InChI is InChI=1S/C12H11BrN2O2/c1-16-8-3-4-11(17-2)9(5-8)10-6-12(13)15-7-14-10/h3-7H,1-2H3. The van der Waals surface area contributed by atoms with Crippen LogP contribution in [0.5, 0.6) is 11.5 Å². The molecular weight excluding hydrogens is 284 g/mol. The Kier molecular flexibility index (Phi) is 3.58. The second kappa shape index (κ2) is 5.14. The molecule has 1 heterocycles. The largest absolute Gasteiger partial charge is 0.497 e. The van der Waals surface area contributed by atoms with Crippen molar-refractivity contribution in [3.63, 3.8) is 0 Å². The Morgan fingerprint density at radius 2 is 1.88 bits per heavy atom. The molecule has 1 aromatic carbocycles. The highest BCUT2D eigenvalue weighted by Gasteiger charge is 2.09. The van der Waals surface area contributed by atoms with Gasteiger partial charge in [-0.3, -0.25) is 0 Å². The summed E-state index contributed by atoms with van der Waals surface area (Å²) in [5.41, 5.74) is 1.65. The zero-order valence-electron chi connectivity index (χ0n) is 9.48. The predicted molar refractivity (Wildman–Crippen MR) is 68.3 cm³/mol. The molecule has 17 heavy (non-hydrogen) atoms. The Bertz CT molecular complexity index is 532. The molecule has 0 fully saturated rings. The van der Waals surface area contributed by atoms with Gasteiger partial charge in [0, 0.05) is 5.56 Å². The van der Waals surface area contributed by atoms with E-state index in [1.54, 1.807) is 14.2 Å². The summed E-state index contributed by atoms with van der Waals surface area (Å²) in [7, 11) is 3.25. The van der Waals surface area contributed by atoms with E-state index in [0.717, 1.165) is 27.4 Å². The second-order valence-electron chi connectivity index (χ2n) is 3.29. The van der Waals surface area contributed by atoms with Gasteiger partial charge in [-0.1, -0.05) is 0 Å². The third-order valence-corrected chi connectivity index (χ3v) is 2.75. The normalized spacial score (nSPS) is 10.1. The molecule has 88 valence electrons. The average Bonchev–Trinajstić information content (AvgIpc) is 2.38. The van der Waals surface area contributed by atoms with Crippen molar-refractivity contribution in [3.05, 3.63) is 35.2 Å². The van der Waals surface area contributed by atoms with Crippen molar-refractivity contribution < 1.29 is 9.47 Å². The molecule has 0 aliphatic rings. The second-order valence-corrected chi connectivity index (χ2v) is 4.10. The molecule has 0 spiro atoms. The lowest BCUT2D eigenvalue weighted by molar-refractivity contribution is 0.404. The van der Waals surface area contributed by atoms with Gasteiger partial charge in [-0.25, -0.2) is 9.97 Å². The molecule has 0 amide bonds. The van der Waals surface area contributed by atoms with Crippen molar-refractivity contribution in [1.82, 2.24) is 9.97 Å². The van der Waals surface area contributed by atoms with Crippen molar-refractivity contribution in [2.75, 3.05) is 14.2 Å². The Morgan fingerprint density at radius 1 is 1.06 bits per heavy atom. The van der Waals surface area contributed by atoms with E-state index in [2.05, 4.69) is 25.9 Å². The number of nitrogens with zero attached hydrogens (tertiary/aromatic N) is 2. The SMILES string of the molecule is COc1ccc(OC)c(-c2cc(Br)ncn2)c1. The van der Waals surface area contributed by atoms with E-state index >= 15 is 0 Å². The summed E-state index contributed by atoms with van der Waals surface area (Å²) in [4.78, 5) is 8.21. The third kappa shape index (κ3) is 2.55. The fraction of sp³-hybridized carbons (Fsp3) is 0.167. The first kappa shape index (κ1) is 11.9. The highest BCUT2D eigenvalue weighted by atomic mass is 79.9. The van der Waals surface area contributed by atoms with Gasteiger partial charge in [0.1, 0.15) is 22.4 Å². The zero-order valence-corrected chi connectivity index (χ0v) is 11.1. The van der Waals surface area contributed by atoms with E-state index in [0.29, 0.717) is 0 Å². The summed E-state index contributed by atoms with van der Waals surface area (Å²) >= 11 is 3.32. The molecule has 0 atom stereocenters. The molecule has 0 bridgehead atoms. The molecule has 0 saturated carbocycles. The van der Waals surface area contributed by atoms with Crippen LogP contribution in [0.15, 0.2) is 35.2 Å². The molecule has 0 unspecified atom stereocenters. The van der Waals surface area contributed by atoms with Crippen LogP contribution in [0.3, 0.4) is 0 Å². The first-order valence-corrected chi connectivity index (χ1v) is 5.74. The monoisotopic (exact) mass is 294 g/mol. The molecular formula is C12H11BrN2O2. The molecule has 0 aliphatic heterocycles. The number of aromatic nitrogens is 2. The zero-order chi connectivity index (χ0) is 12.3. The maximum Gasteiger partial charge on any atom is 0.128 e. The molecule has 5 heteroatoms. The average molecular weight is 295 g/mol. The maximum absolute atomic E-state index is 5.31.